The smallest absolute Gasteiger partial charge is 0.335 e. The second-order valence-electron chi connectivity index (χ2n) is 5.55. The first-order valence-electron chi connectivity index (χ1n) is 7.11. The van der Waals surface area contributed by atoms with Crippen LogP contribution in [0.3, 0.4) is 0 Å². The first kappa shape index (κ1) is 18.2. The molecule has 0 saturated carbocycles. The van der Waals surface area contributed by atoms with Crippen LogP contribution >= 0.6 is 11.6 Å². The van der Waals surface area contributed by atoms with Gasteiger partial charge in [0.15, 0.2) is 0 Å². The summed E-state index contributed by atoms with van der Waals surface area (Å²) in [4.78, 5) is 10.3. The molecule has 0 bridgehead atoms. The summed E-state index contributed by atoms with van der Waals surface area (Å²) >= 11 is 5.53. The molecule has 2 aromatic rings. The number of carbonyl (C=O) groups is 1. The van der Waals surface area contributed by atoms with Gasteiger partial charge >= 0.3 is 5.97 Å². The van der Waals surface area contributed by atoms with Gasteiger partial charge in [0.2, 0.25) is 0 Å². The molecule has 3 N–H and O–H groups in total. The maximum absolute atomic E-state index is 10.3. The number of carboxylic acid groups (broad SMARTS) is 1. The first-order chi connectivity index (χ1) is 10.3. The van der Waals surface area contributed by atoms with Crippen LogP contribution in [-0.4, -0.2) is 11.1 Å². The third-order valence-corrected chi connectivity index (χ3v) is 3.40. The lowest BCUT2D eigenvalue weighted by atomic mass is 9.90. The van der Waals surface area contributed by atoms with E-state index in [0.717, 1.165) is 6.42 Å². The van der Waals surface area contributed by atoms with E-state index < -0.39 is 5.97 Å². The standard InChI is InChI=1S/C11H17N.C7H5ClO2/c1-4-9-7-5-6-8-10(9)11(2,3)12;8-6-3-1-2-5(4-6)7(9)10/h5-8H,4,12H2,1-3H3;1-4H,(H,9,10). The Morgan fingerprint density at radius 1 is 1.18 bits per heavy atom. The number of hydrogen-bond donors (Lipinski definition) is 2. The molecule has 0 radical (unpaired) electrons. The molecular formula is C18H22ClNO2. The Labute approximate surface area is 136 Å². The second kappa shape index (κ2) is 7.97. The highest BCUT2D eigenvalue weighted by molar-refractivity contribution is 6.30. The van der Waals surface area contributed by atoms with Gasteiger partial charge in [-0.1, -0.05) is 48.9 Å². The summed E-state index contributed by atoms with van der Waals surface area (Å²) in [7, 11) is 0. The lowest BCUT2D eigenvalue weighted by molar-refractivity contribution is 0.0697. The second-order valence-corrected chi connectivity index (χ2v) is 5.98. The molecule has 0 saturated heterocycles. The number of nitrogens with two attached hydrogens (primary N) is 1. The number of hydrogen-bond acceptors (Lipinski definition) is 2. The zero-order chi connectivity index (χ0) is 16.8. The Bertz CT molecular complexity index is 633. The molecule has 118 valence electrons. The van der Waals surface area contributed by atoms with Crippen LogP contribution in [0, 0.1) is 0 Å². The third kappa shape index (κ3) is 5.51. The fourth-order valence-corrected chi connectivity index (χ4v) is 2.27. The number of rotatable bonds is 3. The Morgan fingerprint density at radius 3 is 2.23 bits per heavy atom. The van der Waals surface area contributed by atoms with Gasteiger partial charge in [-0.3, -0.25) is 0 Å². The zero-order valence-electron chi connectivity index (χ0n) is 13.1. The van der Waals surface area contributed by atoms with Gasteiger partial charge in [-0.05, 0) is 49.6 Å². The minimum absolute atomic E-state index is 0.215. The van der Waals surface area contributed by atoms with Crippen molar-refractivity contribution in [1.29, 1.82) is 0 Å². The maximum atomic E-state index is 10.3. The van der Waals surface area contributed by atoms with Crippen LogP contribution in [0.15, 0.2) is 48.5 Å². The molecule has 22 heavy (non-hydrogen) atoms. The monoisotopic (exact) mass is 319 g/mol. The van der Waals surface area contributed by atoms with Gasteiger partial charge < -0.3 is 10.8 Å². The highest BCUT2D eigenvalue weighted by Crippen LogP contribution is 2.21. The van der Waals surface area contributed by atoms with Crippen LogP contribution in [-0.2, 0) is 12.0 Å². The highest BCUT2D eigenvalue weighted by Gasteiger charge is 2.16. The number of aromatic carboxylic acids is 1. The maximum Gasteiger partial charge on any atom is 0.335 e. The minimum Gasteiger partial charge on any atom is -0.478 e. The molecule has 0 unspecified atom stereocenters. The summed E-state index contributed by atoms with van der Waals surface area (Å²) < 4.78 is 0. The summed E-state index contributed by atoms with van der Waals surface area (Å²) in [6, 6.07) is 14.5. The summed E-state index contributed by atoms with van der Waals surface area (Å²) in [5.41, 5.74) is 8.64. The van der Waals surface area contributed by atoms with Crippen LogP contribution in [0.5, 0.6) is 0 Å². The molecule has 0 aliphatic heterocycles. The molecule has 0 aliphatic rings. The minimum atomic E-state index is -0.956. The van der Waals surface area contributed by atoms with E-state index in [1.807, 2.05) is 19.9 Å². The average Bonchev–Trinajstić information content (AvgIpc) is 2.47. The molecule has 2 rings (SSSR count). The van der Waals surface area contributed by atoms with Crippen LogP contribution in [0.1, 0.15) is 42.3 Å². The predicted octanol–water partition coefficient (Wildman–Crippen LogP) is 4.48. The quantitative estimate of drug-likeness (QED) is 0.876. The Balaban J connectivity index is 0.000000224. The van der Waals surface area contributed by atoms with E-state index in [1.54, 1.807) is 12.1 Å². The van der Waals surface area contributed by atoms with Gasteiger partial charge in [0.1, 0.15) is 0 Å². The van der Waals surface area contributed by atoms with E-state index >= 15 is 0 Å². The van der Waals surface area contributed by atoms with Crippen molar-refractivity contribution >= 4 is 17.6 Å². The third-order valence-electron chi connectivity index (χ3n) is 3.16. The fourth-order valence-electron chi connectivity index (χ4n) is 2.08. The van der Waals surface area contributed by atoms with Crippen molar-refractivity contribution in [2.45, 2.75) is 32.7 Å². The Morgan fingerprint density at radius 2 is 1.82 bits per heavy atom. The largest absolute Gasteiger partial charge is 0.478 e. The molecule has 0 fully saturated rings. The van der Waals surface area contributed by atoms with Crippen molar-refractivity contribution < 1.29 is 9.90 Å². The molecule has 0 amide bonds. The van der Waals surface area contributed by atoms with Gasteiger partial charge in [0.05, 0.1) is 5.56 Å². The van der Waals surface area contributed by atoms with E-state index in [0.29, 0.717) is 5.02 Å². The van der Waals surface area contributed by atoms with Gasteiger partial charge in [-0.25, -0.2) is 4.79 Å². The SMILES string of the molecule is CCc1ccccc1C(C)(C)N.O=C(O)c1cccc(Cl)c1. The molecule has 0 atom stereocenters. The van der Waals surface area contributed by atoms with E-state index in [4.69, 9.17) is 22.4 Å². The summed E-state index contributed by atoms with van der Waals surface area (Å²) in [5, 5.41) is 8.89. The zero-order valence-corrected chi connectivity index (χ0v) is 13.9. The van der Waals surface area contributed by atoms with Crippen LogP contribution in [0.4, 0.5) is 0 Å². The number of halogens is 1. The van der Waals surface area contributed by atoms with Crippen LogP contribution in [0.2, 0.25) is 5.02 Å². The molecule has 4 heteroatoms. The predicted molar refractivity (Wildman–Crippen MR) is 91.4 cm³/mol. The number of carboxylic acids is 1. The van der Waals surface area contributed by atoms with Crippen LogP contribution < -0.4 is 5.73 Å². The first-order valence-corrected chi connectivity index (χ1v) is 7.49. The van der Waals surface area contributed by atoms with Gasteiger partial charge in [0.25, 0.3) is 0 Å². The van der Waals surface area contributed by atoms with Gasteiger partial charge in [-0.2, -0.15) is 0 Å². The number of aryl methyl sites for hydroxylation is 1. The van der Waals surface area contributed by atoms with Crippen molar-refractivity contribution in [2.75, 3.05) is 0 Å². The average molecular weight is 320 g/mol. The summed E-state index contributed by atoms with van der Waals surface area (Å²) in [6.45, 7) is 6.24. The van der Waals surface area contributed by atoms with Crippen LogP contribution in [0.25, 0.3) is 0 Å². The Kier molecular flexibility index (Phi) is 6.60. The lowest BCUT2D eigenvalue weighted by Crippen LogP contribution is -2.29. The van der Waals surface area contributed by atoms with E-state index in [9.17, 15) is 4.79 Å². The summed E-state index contributed by atoms with van der Waals surface area (Å²) in [5.74, 6) is -0.956. The van der Waals surface area contributed by atoms with Crippen molar-refractivity contribution in [3.63, 3.8) is 0 Å². The molecule has 2 aromatic carbocycles. The van der Waals surface area contributed by atoms with E-state index in [-0.39, 0.29) is 11.1 Å². The molecule has 3 nitrogen and oxygen atoms in total. The molecule has 0 spiro atoms. The lowest BCUT2D eigenvalue weighted by Gasteiger charge is -2.22. The van der Waals surface area contributed by atoms with Gasteiger partial charge in [0, 0.05) is 10.6 Å². The Hall–Kier alpha value is -1.84. The number of benzene rings is 2. The normalized spacial score (nSPS) is 10.6. The van der Waals surface area contributed by atoms with E-state index in [1.165, 1.54) is 23.3 Å². The molecule has 0 aromatic heterocycles. The topological polar surface area (TPSA) is 63.3 Å². The molecular weight excluding hydrogens is 298 g/mol. The highest BCUT2D eigenvalue weighted by atomic mass is 35.5. The fraction of sp³-hybridized carbons (Fsp3) is 0.278. The van der Waals surface area contributed by atoms with Gasteiger partial charge in [-0.15, -0.1) is 0 Å². The van der Waals surface area contributed by atoms with Crippen molar-refractivity contribution in [3.8, 4) is 0 Å². The van der Waals surface area contributed by atoms with Crippen molar-refractivity contribution in [2.24, 2.45) is 5.73 Å². The van der Waals surface area contributed by atoms with E-state index in [2.05, 4.69) is 25.1 Å². The molecule has 0 heterocycles. The van der Waals surface area contributed by atoms with Crippen molar-refractivity contribution in [3.05, 3.63) is 70.2 Å². The molecule has 0 aliphatic carbocycles. The summed E-state index contributed by atoms with van der Waals surface area (Å²) in [6.07, 6.45) is 1.05. The van der Waals surface area contributed by atoms with Crippen molar-refractivity contribution in [1.82, 2.24) is 0 Å².